The van der Waals surface area contributed by atoms with Crippen LogP contribution in [0.5, 0.6) is 0 Å². The molecular formula is C54H42N4. The van der Waals surface area contributed by atoms with Crippen molar-refractivity contribution in [3.05, 3.63) is 225 Å². The van der Waals surface area contributed by atoms with Crippen molar-refractivity contribution >= 4 is 67.1 Å². The summed E-state index contributed by atoms with van der Waals surface area (Å²) in [5.74, 6) is 0. The Morgan fingerprint density at radius 2 is 1.17 bits per heavy atom. The molecule has 0 bridgehead atoms. The van der Waals surface area contributed by atoms with Crippen molar-refractivity contribution in [2.45, 2.75) is 6.92 Å². The highest BCUT2D eigenvalue weighted by atomic mass is 15.1. The zero-order valence-electron chi connectivity index (χ0n) is 32.4. The molecule has 0 spiro atoms. The average Bonchev–Trinajstić information content (AvgIpc) is 3.86. The Morgan fingerprint density at radius 1 is 0.586 bits per heavy atom. The second kappa shape index (κ2) is 15.4. The molecule has 278 valence electrons. The molecule has 0 aliphatic heterocycles. The summed E-state index contributed by atoms with van der Waals surface area (Å²) in [6.07, 6.45) is 11.2. The number of aromatic nitrogens is 2. The van der Waals surface area contributed by atoms with Gasteiger partial charge in [-0.2, -0.15) is 0 Å². The minimum Gasteiger partial charge on any atom is -0.316 e. The van der Waals surface area contributed by atoms with Crippen molar-refractivity contribution in [3.8, 4) is 22.5 Å². The number of nitrogens with zero attached hydrogens (tertiary/aromatic N) is 3. The van der Waals surface area contributed by atoms with Gasteiger partial charge in [0.15, 0.2) is 0 Å². The zero-order valence-corrected chi connectivity index (χ0v) is 32.4. The summed E-state index contributed by atoms with van der Waals surface area (Å²) in [7, 11) is 0. The van der Waals surface area contributed by atoms with Crippen LogP contribution < -0.4 is 4.90 Å². The topological polar surface area (TPSA) is 37.0 Å². The van der Waals surface area contributed by atoms with Crippen LogP contribution in [0.2, 0.25) is 0 Å². The molecule has 0 fully saturated rings. The molecule has 4 heteroatoms. The first-order valence-electron chi connectivity index (χ1n) is 19.5. The van der Waals surface area contributed by atoms with Crippen LogP contribution in [-0.4, -0.2) is 15.3 Å². The van der Waals surface area contributed by atoms with Gasteiger partial charge in [0.25, 0.3) is 0 Å². The fourth-order valence-corrected chi connectivity index (χ4v) is 8.09. The number of hydrogen-bond acceptors (Lipinski definition) is 2. The van der Waals surface area contributed by atoms with E-state index in [1.165, 1.54) is 38.9 Å². The van der Waals surface area contributed by atoms with Gasteiger partial charge in [-0.15, -0.1) is 0 Å². The van der Waals surface area contributed by atoms with E-state index in [-0.39, 0.29) is 0 Å². The van der Waals surface area contributed by atoms with Gasteiger partial charge >= 0.3 is 0 Å². The number of para-hydroxylation sites is 2. The van der Waals surface area contributed by atoms with Crippen LogP contribution in [0.3, 0.4) is 0 Å². The summed E-state index contributed by atoms with van der Waals surface area (Å²) in [4.78, 5) is 2.26. The molecule has 0 aliphatic rings. The number of hydrogen-bond donors (Lipinski definition) is 1. The Morgan fingerprint density at radius 3 is 1.79 bits per heavy atom. The molecule has 2 aromatic heterocycles. The second-order valence-corrected chi connectivity index (χ2v) is 14.3. The molecule has 9 aromatic rings. The van der Waals surface area contributed by atoms with Crippen molar-refractivity contribution in [2.24, 2.45) is 0 Å². The lowest BCUT2D eigenvalue weighted by atomic mass is 10.0. The molecule has 0 atom stereocenters. The maximum atomic E-state index is 7.91. The maximum Gasteiger partial charge on any atom is 0.0635 e. The highest BCUT2D eigenvalue weighted by Gasteiger charge is 2.19. The van der Waals surface area contributed by atoms with Crippen LogP contribution in [-0.2, 0) is 0 Å². The predicted molar refractivity (Wildman–Crippen MR) is 249 cm³/mol. The van der Waals surface area contributed by atoms with Gasteiger partial charge < -0.3 is 19.4 Å². The summed E-state index contributed by atoms with van der Waals surface area (Å²) in [6, 6.07) is 60.6. The number of anilines is 3. The minimum atomic E-state index is 0.808. The summed E-state index contributed by atoms with van der Waals surface area (Å²) in [5, 5.41) is 11.6. The minimum absolute atomic E-state index is 0.808. The van der Waals surface area contributed by atoms with Gasteiger partial charge in [-0.25, -0.2) is 0 Å². The Balaban J connectivity index is 1.14. The molecule has 0 unspecified atom stereocenters. The smallest absolute Gasteiger partial charge is 0.0635 e. The van der Waals surface area contributed by atoms with Crippen LogP contribution in [0, 0.1) is 5.41 Å². The van der Waals surface area contributed by atoms with Crippen LogP contribution in [0.25, 0.3) is 66.4 Å². The first kappa shape index (κ1) is 36.0. The highest BCUT2D eigenvalue weighted by molar-refractivity contribution is 6.19. The molecule has 2 heterocycles. The molecule has 0 saturated carbocycles. The van der Waals surface area contributed by atoms with Crippen molar-refractivity contribution in [2.75, 3.05) is 4.90 Å². The zero-order chi connectivity index (χ0) is 39.6. The lowest BCUT2D eigenvalue weighted by Gasteiger charge is -2.26. The number of nitrogens with one attached hydrogen (secondary N) is 1. The average molecular weight is 747 g/mol. The van der Waals surface area contributed by atoms with E-state index in [1.807, 2.05) is 25.2 Å². The third kappa shape index (κ3) is 6.47. The number of allylic oxidation sites excluding steroid dienone is 6. The normalized spacial score (nSPS) is 11.8. The van der Waals surface area contributed by atoms with Gasteiger partial charge in [-0.1, -0.05) is 122 Å². The quantitative estimate of drug-likeness (QED) is 0.104. The van der Waals surface area contributed by atoms with Gasteiger partial charge in [0.05, 0.1) is 16.6 Å². The van der Waals surface area contributed by atoms with Crippen LogP contribution in [0.15, 0.2) is 214 Å². The lowest BCUT2D eigenvalue weighted by Crippen LogP contribution is -2.10. The van der Waals surface area contributed by atoms with Gasteiger partial charge in [0.1, 0.15) is 0 Å². The Hall–Kier alpha value is -7.69. The molecule has 0 radical (unpaired) electrons. The molecule has 0 amide bonds. The second-order valence-electron chi connectivity index (χ2n) is 14.3. The third-order valence-corrected chi connectivity index (χ3v) is 10.9. The molecule has 58 heavy (non-hydrogen) atoms. The van der Waals surface area contributed by atoms with E-state index in [9.17, 15) is 0 Å². The van der Waals surface area contributed by atoms with E-state index in [4.69, 9.17) is 5.41 Å². The van der Waals surface area contributed by atoms with Crippen LogP contribution >= 0.6 is 0 Å². The molecule has 0 aliphatic carbocycles. The van der Waals surface area contributed by atoms with E-state index < -0.39 is 0 Å². The molecule has 4 nitrogen and oxygen atoms in total. The number of fused-ring (bicyclic) bond motifs is 5. The van der Waals surface area contributed by atoms with Gasteiger partial charge in [-0.3, -0.25) is 0 Å². The van der Waals surface area contributed by atoms with Crippen molar-refractivity contribution in [3.63, 3.8) is 0 Å². The first-order valence-corrected chi connectivity index (χ1v) is 19.5. The predicted octanol–water partition coefficient (Wildman–Crippen LogP) is 14.7. The van der Waals surface area contributed by atoms with Crippen molar-refractivity contribution < 1.29 is 0 Å². The van der Waals surface area contributed by atoms with Crippen LogP contribution in [0.4, 0.5) is 17.1 Å². The first-order chi connectivity index (χ1) is 28.6. The lowest BCUT2D eigenvalue weighted by molar-refractivity contribution is 1.13. The van der Waals surface area contributed by atoms with E-state index in [0.717, 1.165) is 61.8 Å². The summed E-state index contributed by atoms with van der Waals surface area (Å²) in [5.41, 5.74) is 15.0. The van der Waals surface area contributed by atoms with Crippen LogP contribution in [0.1, 0.15) is 18.1 Å². The van der Waals surface area contributed by atoms with E-state index in [0.29, 0.717) is 0 Å². The number of benzene rings is 7. The molecule has 9 rings (SSSR count). The van der Waals surface area contributed by atoms with Gasteiger partial charge in [0, 0.05) is 57.0 Å². The molecule has 0 saturated heterocycles. The molecular weight excluding hydrogens is 705 g/mol. The van der Waals surface area contributed by atoms with E-state index in [2.05, 4.69) is 203 Å². The summed E-state index contributed by atoms with van der Waals surface area (Å²) >= 11 is 0. The van der Waals surface area contributed by atoms with E-state index in [1.54, 1.807) is 6.08 Å². The Bertz CT molecular complexity index is 3010. The monoisotopic (exact) mass is 746 g/mol. The van der Waals surface area contributed by atoms with Gasteiger partial charge in [0.2, 0.25) is 0 Å². The summed E-state index contributed by atoms with van der Waals surface area (Å²) in [6.45, 7) is 10.1. The standard InChI is InChI=1S/C54H42N4/c1-4-12-38(3)39-18-25-46(26-19-39)57(48-29-22-41(23-30-48)43(37-55)13-5-2)47-27-20-40(21-28-47)42-24-32-53-51(36-42)49-31-33-52-50(34-35-56(52)44-14-8-6-9-15-44)54(49)58(53)45-16-10-7-11-17-45/h4-37,55H,2-3H2,1H3/b12-4-,43-13+,55-37?. The number of rotatable bonds is 11. The van der Waals surface area contributed by atoms with Crippen molar-refractivity contribution in [1.29, 1.82) is 5.41 Å². The third-order valence-electron chi connectivity index (χ3n) is 10.9. The fourth-order valence-electron chi connectivity index (χ4n) is 8.09. The fraction of sp³-hybridized carbons (Fsp3) is 0.0185. The summed E-state index contributed by atoms with van der Waals surface area (Å²) < 4.78 is 4.68. The molecule has 1 N–H and O–H groups in total. The SMILES string of the molecule is C=C/C=C(\C=N)c1ccc(N(c2ccc(C(=C)/C=C\C)cc2)c2ccc(-c3ccc4c(c3)c3ccc5c(ccn5-c5ccccc5)c3n4-c3ccccc3)cc2)cc1. The highest BCUT2D eigenvalue weighted by Crippen LogP contribution is 2.41. The molecule has 7 aromatic carbocycles. The van der Waals surface area contributed by atoms with E-state index >= 15 is 0 Å². The van der Waals surface area contributed by atoms with Gasteiger partial charge in [-0.05, 0) is 125 Å². The Kier molecular flexibility index (Phi) is 9.58. The van der Waals surface area contributed by atoms with Crippen molar-refractivity contribution in [1.82, 2.24) is 9.13 Å². The Labute approximate surface area is 339 Å². The maximum absolute atomic E-state index is 7.91. The largest absolute Gasteiger partial charge is 0.316 e.